The first-order chi connectivity index (χ1) is 13.6. The molecule has 0 atom stereocenters. The normalized spacial score (nSPS) is 14.7. The van der Waals surface area contributed by atoms with Crippen LogP contribution in [-0.4, -0.2) is 55.6 Å². The first-order valence-corrected chi connectivity index (χ1v) is 9.95. The van der Waals surface area contributed by atoms with E-state index in [9.17, 15) is 4.79 Å². The summed E-state index contributed by atoms with van der Waals surface area (Å²) in [5.41, 5.74) is 2.25. The maximum Gasteiger partial charge on any atom is 0.220 e. The van der Waals surface area contributed by atoms with Crippen LogP contribution in [0.2, 0.25) is 0 Å². The predicted molar refractivity (Wildman–Crippen MR) is 112 cm³/mol. The molecular weight excluding hydrogens is 352 g/mol. The number of nitrogens with zero attached hydrogens (tertiary/aromatic N) is 3. The number of nitrogens with one attached hydrogen (secondary N) is 1. The number of hydrogen-bond acceptors (Lipinski definition) is 5. The third-order valence-electron chi connectivity index (χ3n) is 4.93. The van der Waals surface area contributed by atoms with Crippen LogP contribution in [-0.2, 0) is 11.3 Å². The van der Waals surface area contributed by atoms with Crippen LogP contribution in [0.3, 0.4) is 0 Å². The second-order valence-corrected chi connectivity index (χ2v) is 7.36. The summed E-state index contributed by atoms with van der Waals surface area (Å²) in [5, 5.41) is 2.99. The van der Waals surface area contributed by atoms with Gasteiger partial charge in [-0.1, -0.05) is 12.1 Å². The maximum absolute atomic E-state index is 12.1. The fourth-order valence-corrected chi connectivity index (χ4v) is 3.20. The molecule has 1 amide bonds. The molecule has 1 aliphatic rings. The first-order valence-electron chi connectivity index (χ1n) is 9.95. The van der Waals surface area contributed by atoms with Gasteiger partial charge in [0.2, 0.25) is 5.91 Å². The third kappa shape index (κ3) is 6.23. The Morgan fingerprint density at radius 2 is 2.00 bits per heavy atom. The van der Waals surface area contributed by atoms with Gasteiger partial charge in [-0.2, -0.15) is 0 Å². The molecule has 0 unspecified atom stereocenters. The molecule has 0 saturated carbocycles. The van der Waals surface area contributed by atoms with Crippen molar-refractivity contribution in [2.45, 2.75) is 26.3 Å². The molecule has 28 heavy (non-hydrogen) atoms. The van der Waals surface area contributed by atoms with Gasteiger partial charge in [-0.05, 0) is 55.8 Å². The molecule has 6 nitrogen and oxygen atoms in total. The highest BCUT2D eigenvalue weighted by atomic mass is 16.5. The van der Waals surface area contributed by atoms with E-state index in [0.29, 0.717) is 26.0 Å². The highest BCUT2D eigenvalue weighted by Gasteiger charge is 2.15. The van der Waals surface area contributed by atoms with Crippen LogP contribution in [0, 0.1) is 6.92 Å². The van der Waals surface area contributed by atoms with Gasteiger partial charge in [0, 0.05) is 45.3 Å². The molecule has 0 radical (unpaired) electrons. The smallest absolute Gasteiger partial charge is 0.220 e. The molecule has 1 aliphatic heterocycles. The number of hydrogen-bond donors (Lipinski definition) is 1. The van der Waals surface area contributed by atoms with Gasteiger partial charge in [0.05, 0.1) is 6.61 Å². The van der Waals surface area contributed by atoms with E-state index in [1.807, 2.05) is 43.5 Å². The Labute approximate surface area is 167 Å². The van der Waals surface area contributed by atoms with Crippen LogP contribution in [0.15, 0.2) is 42.6 Å². The van der Waals surface area contributed by atoms with Gasteiger partial charge in [0.15, 0.2) is 0 Å². The Morgan fingerprint density at radius 1 is 1.18 bits per heavy atom. The summed E-state index contributed by atoms with van der Waals surface area (Å²) < 4.78 is 5.69. The van der Waals surface area contributed by atoms with E-state index in [4.69, 9.17) is 4.74 Å². The summed E-state index contributed by atoms with van der Waals surface area (Å²) in [6, 6.07) is 12.0. The van der Waals surface area contributed by atoms with E-state index in [-0.39, 0.29) is 5.91 Å². The van der Waals surface area contributed by atoms with Crippen molar-refractivity contribution in [2.75, 3.05) is 44.7 Å². The molecule has 0 spiro atoms. The first kappa shape index (κ1) is 20.1. The van der Waals surface area contributed by atoms with Crippen molar-refractivity contribution in [1.82, 2.24) is 15.2 Å². The molecule has 2 aromatic rings. The minimum Gasteiger partial charge on any atom is -0.494 e. The van der Waals surface area contributed by atoms with Gasteiger partial charge in [0.1, 0.15) is 11.6 Å². The highest BCUT2D eigenvalue weighted by Crippen LogP contribution is 2.15. The summed E-state index contributed by atoms with van der Waals surface area (Å²) in [6.45, 7) is 7.18. The van der Waals surface area contributed by atoms with Crippen molar-refractivity contribution >= 4 is 11.7 Å². The number of likely N-dealkylation sites (N-methyl/N-ethyl adjacent to an activating group) is 1. The van der Waals surface area contributed by atoms with E-state index in [2.05, 4.69) is 33.2 Å². The van der Waals surface area contributed by atoms with Crippen LogP contribution in [0.5, 0.6) is 5.75 Å². The largest absolute Gasteiger partial charge is 0.494 e. The van der Waals surface area contributed by atoms with E-state index in [1.165, 1.54) is 5.56 Å². The summed E-state index contributed by atoms with van der Waals surface area (Å²) in [5.74, 6) is 1.89. The summed E-state index contributed by atoms with van der Waals surface area (Å²) in [4.78, 5) is 21.2. The number of aromatic nitrogens is 1. The minimum atomic E-state index is 0.0470. The fourth-order valence-electron chi connectivity index (χ4n) is 3.20. The van der Waals surface area contributed by atoms with Crippen molar-refractivity contribution in [2.24, 2.45) is 0 Å². The maximum atomic E-state index is 12.1. The van der Waals surface area contributed by atoms with Crippen molar-refractivity contribution in [3.8, 4) is 5.75 Å². The molecule has 3 rings (SSSR count). The number of aryl methyl sites for hydroxylation is 1. The minimum absolute atomic E-state index is 0.0470. The molecule has 2 heterocycles. The van der Waals surface area contributed by atoms with Crippen molar-refractivity contribution in [1.29, 1.82) is 0 Å². The lowest BCUT2D eigenvalue weighted by Crippen LogP contribution is -2.44. The van der Waals surface area contributed by atoms with Crippen LogP contribution >= 0.6 is 0 Å². The van der Waals surface area contributed by atoms with E-state index in [0.717, 1.165) is 43.3 Å². The zero-order chi connectivity index (χ0) is 19.8. The van der Waals surface area contributed by atoms with Gasteiger partial charge < -0.3 is 19.9 Å². The van der Waals surface area contributed by atoms with E-state index >= 15 is 0 Å². The lowest BCUT2D eigenvalue weighted by atomic mass is 10.2. The number of pyridine rings is 1. The second-order valence-electron chi connectivity index (χ2n) is 7.36. The number of carbonyl (C=O) groups excluding carboxylic acids is 1. The highest BCUT2D eigenvalue weighted by molar-refractivity contribution is 5.75. The zero-order valence-electron chi connectivity index (χ0n) is 16.9. The molecule has 1 saturated heterocycles. The van der Waals surface area contributed by atoms with Crippen molar-refractivity contribution in [3.63, 3.8) is 0 Å². The van der Waals surface area contributed by atoms with Gasteiger partial charge in [-0.25, -0.2) is 4.98 Å². The number of anilines is 1. The van der Waals surface area contributed by atoms with Crippen LogP contribution in [0.4, 0.5) is 5.82 Å². The Balaban J connectivity index is 1.38. The molecule has 1 fully saturated rings. The molecule has 0 aliphatic carbocycles. The molecule has 1 aromatic carbocycles. The van der Waals surface area contributed by atoms with E-state index in [1.54, 1.807) is 0 Å². The molecule has 1 N–H and O–H groups in total. The van der Waals surface area contributed by atoms with Crippen molar-refractivity contribution in [3.05, 3.63) is 53.7 Å². The van der Waals surface area contributed by atoms with Crippen LogP contribution in [0.25, 0.3) is 0 Å². The summed E-state index contributed by atoms with van der Waals surface area (Å²) in [6.07, 6.45) is 2.98. The molecule has 150 valence electrons. The van der Waals surface area contributed by atoms with Gasteiger partial charge in [0.25, 0.3) is 0 Å². The molecule has 1 aromatic heterocycles. The average Bonchev–Trinajstić information content (AvgIpc) is 2.70. The number of benzene rings is 1. The number of amides is 1. The Hall–Kier alpha value is -2.60. The molecule has 6 heteroatoms. The Kier molecular flexibility index (Phi) is 7.25. The zero-order valence-corrected chi connectivity index (χ0v) is 16.9. The fraction of sp³-hybridized carbons (Fsp3) is 0.455. The second kappa shape index (κ2) is 10.1. The Morgan fingerprint density at radius 3 is 2.79 bits per heavy atom. The van der Waals surface area contributed by atoms with Crippen LogP contribution in [0.1, 0.15) is 24.0 Å². The van der Waals surface area contributed by atoms with E-state index < -0.39 is 0 Å². The Bertz CT molecular complexity index is 773. The third-order valence-corrected chi connectivity index (χ3v) is 4.93. The van der Waals surface area contributed by atoms with Gasteiger partial charge in [-0.15, -0.1) is 0 Å². The lowest BCUT2D eigenvalue weighted by Gasteiger charge is -2.33. The molecule has 0 bridgehead atoms. The monoisotopic (exact) mass is 382 g/mol. The average molecular weight is 383 g/mol. The topological polar surface area (TPSA) is 57.7 Å². The number of piperazine rings is 1. The van der Waals surface area contributed by atoms with Crippen LogP contribution < -0.4 is 15.0 Å². The molecular formula is C22H30N4O2. The number of carbonyl (C=O) groups is 1. The van der Waals surface area contributed by atoms with Crippen molar-refractivity contribution < 1.29 is 9.53 Å². The quantitative estimate of drug-likeness (QED) is 0.712. The van der Waals surface area contributed by atoms with Gasteiger partial charge in [-0.3, -0.25) is 4.79 Å². The SMILES string of the molecule is Cc1cccc(OCCCC(=O)NCc2ccnc(N3CCN(C)CC3)c2)c1. The summed E-state index contributed by atoms with van der Waals surface area (Å²) >= 11 is 0. The standard InChI is InChI=1S/C22H30N4O2/c1-18-5-3-6-20(15-18)28-14-4-7-22(27)24-17-19-8-9-23-21(16-19)26-12-10-25(2)11-13-26/h3,5-6,8-9,15-16H,4,7,10-14,17H2,1-2H3,(H,24,27). The number of ether oxygens (including phenoxy) is 1. The van der Waals surface area contributed by atoms with Gasteiger partial charge >= 0.3 is 0 Å². The lowest BCUT2D eigenvalue weighted by molar-refractivity contribution is -0.121. The predicted octanol–water partition coefficient (Wildman–Crippen LogP) is 2.62. The summed E-state index contributed by atoms with van der Waals surface area (Å²) in [7, 11) is 2.14. The number of rotatable bonds is 8.